The molecule has 4 aliphatic carbocycles. The van der Waals surface area contributed by atoms with Crippen LogP contribution in [0.5, 0.6) is 0 Å². The number of hydrogen-bond donors (Lipinski definition) is 3. The molecular weight excluding hydrogens is 319 g/mol. The normalized spacial score (nSPS) is 37.9. The van der Waals surface area contributed by atoms with Crippen molar-refractivity contribution in [2.75, 3.05) is 6.61 Å². The third-order valence-electron chi connectivity index (χ3n) is 4.85. The van der Waals surface area contributed by atoms with Crippen molar-refractivity contribution in [3.8, 4) is 0 Å². The van der Waals surface area contributed by atoms with Crippen LogP contribution in [0.3, 0.4) is 0 Å². The Bertz CT molecular complexity index is 499. The topological polar surface area (TPSA) is 103 Å². The molecule has 4 aliphatic rings. The Morgan fingerprint density at radius 2 is 1.78 bits per heavy atom. The third-order valence-corrected chi connectivity index (χ3v) is 4.85. The quantitative estimate of drug-likeness (QED) is 0.362. The van der Waals surface area contributed by atoms with E-state index in [1.54, 1.807) is 0 Å². The summed E-state index contributed by atoms with van der Waals surface area (Å²) in [5.74, 6) is 4.56. The molecule has 0 aromatic rings. The fourth-order valence-corrected chi connectivity index (χ4v) is 3.78. The summed E-state index contributed by atoms with van der Waals surface area (Å²) in [5, 5.41) is 2.82. The van der Waals surface area contributed by atoms with Crippen LogP contribution >= 0.6 is 0 Å². The van der Waals surface area contributed by atoms with Gasteiger partial charge in [0.2, 0.25) is 11.8 Å². The first kappa shape index (κ1) is 16.5. The highest BCUT2D eigenvalue weighted by molar-refractivity contribution is 5.88. The van der Waals surface area contributed by atoms with Crippen molar-refractivity contribution >= 4 is 11.8 Å². The summed E-state index contributed by atoms with van der Waals surface area (Å²) in [6.45, 7) is -0.207. The molecular formula is C13H18F3N3O4. The smallest absolute Gasteiger partial charge is 0.368 e. The number of carbonyl (C=O) groups excluding carboxylic acids is 2. The van der Waals surface area contributed by atoms with E-state index in [9.17, 15) is 22.8 Å². The van der Waals surface area contributed by atoms with Gasteiger partial charge in [-0.05, 0) is 19.3 Å². The minimum Gasteiger partial charge on any atom is -0.368 e. The number of alkyl halides is 3. The summed E-state index contributed by atoms with van der Waals surface area (Å²) in [6, 6.07) is 0. The Labute approximate surface area is 130 Å². The van der Waals surface area contributed by atoms with E-state index >= 15 is 0 Å². The Morgan fingerprint density at radius 1 is 1.17 bits per heavy atom. The molecule has 4 N–H and O–H groups in total. The fraction of sp³-hybridized carbons (Fsp3) is 0.846. The van der Waals surface area contributed by atoms with Crippen molar-refractivity contribution < 1.29 is 32.2 Å². The zero-order valence-electron chi connectivity index (χ0n) is 12.2. The second-order valence-corrected chi connectivity index (χ2v) is 6.70. The first-order valence-corrected chi connectivity index (χ1v) is 7.34. The van der Waals surface area contributed by atoms with Crippen LogP contribution in [0.25, 0.3) is 0 Å². The number of hydrazine groups is 1. The van der Waals surface area contributed by atoms with Crippen LogP contribution in [0.2, 0.25) is 0 Å². The lowest BCUT2D eigenvalue weighted by Crippen LogP contribution is -2.78. The van der Waals surface area contributed by atoms with Gasteiger partial charge in [0.05, 0.1) is 17.6 Å². The van der Waals surface area contributed by atoms with Gasteiger partial charge in [-0.2, -0.15) is 0 Å². The van der Waals surface area contributed by atoms with Crippen molar-refractivity contribution in [1.29, 1.82) is 0 Å². The van der Waals surface area contributed by atoms with Gasteiger partial charge < -0.3 is 10.1 Å². The van der Waals surface area contributed by atoms with Crippen LogP contribution in [-0.2, 0) is 19.1 Å². The Hall–Kier alpha value is -1.39. The highest BCUT2D eigenvalue weighted by Crippen LogP contribution is 2.67. The summed E-state index contributed by atoms with van der Waals surface area (Å²) in [5.41, 5.74) is 1.33. The highest BCUT2D eigenvalue weighted by Gasteiger charge is 2.72. The maximum absolute atomic E-state index is 12.0. The van der Waals surface area contributed by atoms with Gasteiger partial charge in [0.1, 0.15) is 6.61 Å². The number of nitrogens with one attached hydrogen (secondary N) is 2. The maximum Gasteiger partial charge on any atom is 0.522 e. The summed E-state index contributed by atoms with van der Waals surface area (Å²) >= 11 is 0. The van der Waals surface area contributed by atoms with Gasteiger partial charge in [-0.25, -0.2) is 5.84 Å². The van der Waals surface area contributed by atoms with E-state index in [1.807, 2.05) is 0 Å². The molecule has 2 bridgehead atoms. The molecule has 23 heavy (non-hydrogen) atoms. The summed E-state index contributed by atoms with van der Waals surface area (Å²) in [4.78, 5) is 23.3. The lowest BCUT2D eigenvalue weighted by Gasteiger charge is -2.68. The molecule has 10 heteroatoms. The molecule has 0 aromatic heterocycles. The standard InChI is InChI=1S/C13H18F3N3O4/c14-13(15,16)23-8-1-7(2-8)22-3-9(20)18-12-4-11(5-12,6-12)10(21)19-17/h7-8H,1-6,17H2,(H,18,20)(H,19,21). The number of halogens is 3. The summed E-state index contributed by atoms with van der Waals surface area (Å²) in [7, 11) is 0. The molecule has 0 atom stereocenters. The number of amides is 2. The fourth-order valence-electron chi connectivity index (χ4n) is 3.78. The average molecular weight is 337 g/mol. The summed E-state index contributed by atoms with van der Waals surface area (Å²) in [6.07, 6.45) is -4.01. The second-order valence-electron chi connectivity index (χ2n) is 6.70. The second kappa shape index (κ2) is 5.32. The van der Waals surface area contributed by atoms with E-state index in [0.717, 1.165) is 0 Å². The lowest BCUT2D eigenvalue weighted by atomic mass is 9.39. The first-order chi connectivity index (χ1) is 10.7. The first-order valence-electron chi connectivity index (χ1n) is 7.34. The van der Waals surface area contributed by atoms with Gasteiger partial charge in [-0.3, -0.25) is 19.8 Å². The van der Waals surface area contributed by atoms with E-state index in [0.29, 0.717) is 19.3 Å². The van der Waals surface area contributed by atoms with Crippen molar-refractivity contribution in [1.82, 2.24) is 10.7 Å². The number of nitrogens with two attached hydrogens (primary N) is 1. The van der Waals surface area contributed by atoms with Crippen molar-refractivity contribution in [2.45, 2.75) is 56.2 Å². The van der Waals surface area contributed by atoms with E-state index in [1.165, 1.54) is 0 Å². The van der Waals surface area contributed by atoms with Crippen LogP contribution in [0.1, 0.15) is 32.1 Å². The predicted molar refractivity (Wildman–Crippen MR) is 69.4 cm³/mol. The number of rotatable bonds is 6. The Balaban J connectivity index is 1.30. The Kier molecular flexibility index (Phi) is 3.81. The number of carbonyl (C=O) groups is 2. The van der Waals surface area contributed by atoms with Crippen LogP contribution in [-0.4, -0.2) is 42.5 Å². The molecule has 0 aromatic carbocycles. The molecule has 0 radical (unpaired) electrons. The lowest BCUT2D eigenvalue weighted by molar-refractivity contribution is -0.357. The van der Waals surface area contributed by atoms with Gasteiger partial charge in [0.15, 0.2) is 0 Å². The Morgan fingerprint density at radius 3 is 2.30 bits per heavy atom. The van der Waals surface area contributed by atoms with Gasteiger partial charge in [-0.15, -0.1) is 13.2 Å². The minimum atomic E-state index is -4.64. The zero-order valence-corrected chi connectivity index (χ0v) is 12.2. The van der Waals surface area contributed by atoms with Gasteiger partial charge >= 0.3 is 6.36 Å². The minimum absolute atomic E-state index is 0.123. The van der Waals surface area contributed by atoms with E-state index in [2.05, 4.69) is 15.5 Å². The van der Waals surface area contributed by atoms with Crippen molar-refractivity contribution in [2.24, 2.45) is 11.3 Å². The van der Waals surface area contributed by atoms with Gasteiger partial charge in [0.25, 0.3) is 0 Å². The highest BCUT2D eigenvalue weighted by atomic mass is 19.4. The predicted octanol–water partition coefficient (Wildman–Crippen LogP) is 0.0992. The third kappa shape index (κ3) is 3.15. The SMILES string of the molecule is NNC(=O)C12CC(NC(=O)COC3CC(OC(F)(F)F)C3)(C1)C2. The number of ether oxygens (including phenoxy) is 2. The average Bonchev–Trinajstić information content (AvgIpc) is 2.32. The van der Waals surface area contributed by atoms with Crippen LogP contribution in [0.15, 0.2) is 0 Å². The molecule has 0 spiro atoms. The van der Waals surface area contributed by atoms with E-state index in [-0.39, 0.29) is 36.8 Å². The van der Waals surface area contributed by atoms with Crippen molar-refractivity contribution in [3.05, 3.63) is 0 Å². The molecule has 0 heterocycles. The molecule has 130 valence electrons. The molecule has 0 unspecified atom stereocenters. The number of hydrogen-bond acceptors (Lipinski definition) is 5. The van der Waals surface area contributed by atoms with Crippen LogP contribution in [0.4, 0.5) is 13.2 Å². The molecule has 0 saturated heterocycles. The van der Waals surface area contributed by atoms with Crippen LogP contribution in [0, 0.1) is 5.41 Å². The molecule has 7 nitrogen and oxygen atoms in total. The molecule has 4 fully saturated rings. The summed E-state index contributed by atoms with van der Waals surface area (Å²) < 4.78 is 45.0. The van der Waals surface area contributed by atoms with Crippen LogP contribution < -0.4 is 16.6 Å². The van der Waals surface area contributed by atoms with E-state index in [4.69, 9.17) is 10.6 Å². The van der Waals surface area contributed by atoms with E-state index < -0.39 is 24.0 Å². The molecule has 4 rings (SSSR count). The van der Waals surface area contributed by atoms with Gasteiger partial charge in [-0.1, -0.05) is 0 Å². The largest absolute Gasteiger partial charge is 0.522 e. The zero-order chi connectivity index (χ0) is 16.9. The maximum atomic E-state index is 12.0. The molecule has 2 amide bonds. The van der Waals surface area contributed by atoms with Crippen molar-refractivity contribution in [3.63, 3.8) is 0 Å². The monoisotopic (exact) mass is 337 g/mol. The van der Waals surface area contributed by atoms with Gasteiger partial charge in [0, 0.05) is 18.4 Å². The molecule has 0 aliphatic heterocycles. The molecule has 4 saturated carbocycles.